The monoisotopic (exact) mass is 186 g/mol. The highest BCUT2D eigenvalue weighted by atomic mass is 16.3. The summed E-state index contributed by atoms with van der Waals surface area (Å²) in [6.07, 6.45) is 2.53. The summed E-state index contributed by atoms with van der Waals surface area (Å²) >= 11 is 0. The van der Waals surface area contributed by atoms with E-state index >= 15 is 0 Å². The van der Waals surface area contributed by atoms with E-state index < -0.39 is 0 Å². The summed E-state index contributed by atoms with van der Waals surface area (Å²) in [5.41, 5.74) is 5.71. The van der Waals surface area contributed by atoms with Crippen molar-refractivity contribution in [3.8, 4) is 0 Å². The Morgan fingerprint density at radius 2 is 2.23 bits per heavy atom. The van der Waals surface area contributed by atoms with E-state index in [1.165, 1.54) is 12.8 Å². The SMILES string of the molecule is CC1CCN(CC(N)CO)C(C)C1. The quantitative estimate of drug-likeness (QED) is 0.672. The molecule has 0 spiro atoms. The molecule has 1 heterocycles. The highest BCUT2D eigenvalue weighted by Crippen LogP contribution is 2.21. The lowest BCUT2D eigenvalue weighted by molar-refractivity contribution is 0.110. The second-order valence-electron chi connectivity index (χ2n) is 4.42. The average Bonchev–Trinajstić information content (AvgIpc) is 2.09. The molecule has 0 aromatic carbocycles. The topological polar surface area (TPSA) is 49.5 Å². The zero-order valence-electron chi connectivity index (χ0n) is 8.74. The van der Waals surface area contributed by atoms with Gasteiger partial charge in [-0.2, -0.15) is 0 Å². The molecule has 1 aliphatic rings. The van der Waals surface area contributed by atoms with Crippen LogP contribution in [0.2, 0.25) is 0 Å². The molecule has 1 rings (SSSR count). The first-order valence-electron chi connectivity index (χ1n) is 5.24. The van der Waals surface area contributed by atoms with Gasteiger partial charge in [-0.05, 0) is 32.2 Å². The first-order chi connectivity index (χ1) is 6.13. The third-order valence-electron chi connectivity index (χ3n) is 2.98. The van der Waals surface area contributed by atoms with Crippen LogP contribution in [0.15, 0.2) is 0 Å². The highest BCUT2D eigenvalue weighted by Gasteiger charge is 2.23. The summed E-state index contributed by atoms with van der Waals surface area (Å²) in [5, 5.41) is 8.85. The molecule has 0 aromatic rings. The minimum absolute atomic E-state index is 0.0733. The maximum absolute atomic E-state index is 8.85. The van der Waals surface area contributed by atoms with Crippen molar-refractivity contribution >= 4 is 0 Å². The number of rotatable bonds is 3. The number of hydrogen-bond donors (Lipinski definition) is 2. The molecule has 0 bridgehead atoms. The fourth-order valence-electron chi connectivity index (χ4n) is 2.09. The Labute approximate surface area is 80.9 Å². The third-order valence-corrected chi connectivity index (χ3v) is 2.98. The minimum atomic E-state index is -0.0733. The lowest BCUT2D eigenvalue weighted by atomic mass is 9.93. The van der Waals surface area contributed by atoms with E-state index in [2.05, 4.69) is 18.7 Å². The summed E-state index contributed by atoms with van der Waals surface area (Å²) in [7, 11) is 0. The Morgan fingerprint density at radius 3 is 2.77 bits per heavy atom. The van der Waals surface area contributed by atoms with Gasteiger partial charge in [0.1, 0.15) is 0 Å². The molecule has 13 heavy (non-hydrogen) atoms. The summed E-state index contributed by atoms with van der Waals surface area (Å²) in [6, 6.07) is 0.553. The van der Waals surface area contributed by atoms with Crippen molar-refractivity contribution in [1.29, 1.82) is 0 Å². The van der Waals surface area contributed by atoms with Crippen LogP contribution >= 0.6 is 0 Å². The molecule has 0 saturated carbocycles. The van der Waals surface area contributed by atoms with E-state index in [1.54, 1.807) is 0 Å². The van der Waals surface area contributed by atoms with Crippen LogP contribution in [-0.4, -0.2) is 41.8 Å². The van der Waals surface area contributed by atoms with Crippen LogP contribution in [0.5, 0.6) is 0 Å². The van der Waals surface area contributed by atoms with E-state index in [0.717, 1.165) is 19.0 Å². The molecule has 3 N–H and O–H groups in total. The molecule has 3 unspecified atom stereocenters. The molecule has 0 radical (unpaired) electrons. The Hall–Kier alpha value is -0.120. The zero-order valence-corrected chi connectivity index (χ0v) is 8.74. The molecular weight excluding hydrogens is 164 g/mol. The maximum atomic E-state index is 8.85. The van der Waals surface area contributed by atoms with E-state index in [4.69, 9.17) is 10.8 Å². The van der Waals surface area contributed by atoms with Gasteiger partial charge in [0.2, 0.25) is 0 Å². The van der Waals surface area contributed by atoms with E-state index in [9.17, 15) is 0 Å². The first kappa shape index (κ1) is 11.0. The fourth-order valence-corrected chi connectivity index (χ4v) is 2.09. The summed E-state index contributed by atoms with van der Waals surface area (Å²) in [6.45, 7) is 6.62. The van der Waals surface area contributed by atoms with Crippen molar-refractivity contribution in [1.82, 2.24) is 4.90 Å². The highest BCUT2D eigenvalue weighted by molar-refractivity contribution is 4.79. The standard InChI is InChI=1S/C10H22N2O/c1-8-3-4-12(9(2)5-8)6-10(11)7-13/h8-10,13H,3-7,11H2,1-2H3. The van der Waals surface area contributed by atoms with Gasteiger partial charge in [-0.15, -0.1) is 0 Å². The average molecular weight is 186 g/mol. The van der Waals surface area contributed by atoms with Crippen LogP contribution in [0.25, 0.3) is 0 Å². The Balaban J connectivity index is 2.33. The number of aliphatic hydroxyl groups excluding tert-OH is 1. The Morgan fingerprint density at radius 1 is 1.54 bits per heavy atom. The van der Waals surface area contributed by atoms with Gasteiger partial charge in [-0.3, -0.25) is 4.90 Å². The number of piperidine rings is 1. The second kappa shape index (κ2) is 4.94. The predicted molar refractivity (Wildman–Crippen MR) is 54.5 cm³/mol. The van der Waals surface area contributed by atoms with Crippen LogP contribution < -0.4 is 5.73 Å². The smallest absolute Gasteiger partial charge is 0.0595 e. The number of hydrogen-bond acceptors (Lipinski definition) is 3. The van der Waals surface area contributed by atoms with Gasteiger partial charge in [0.15, 0.2) is 0 Å². The lowest BCUT2D eigenvalue weighted by Gasteiger charge is -2.37. The van der Waals surface area contributed by atoms with Crippen molar-refractivity contribution < 1.29 is 5.11 Å². The molecule has 0 aliphatic carbocycles. The van der Waals surface area contributed by atoms with Gasteiger partial charge in [-0.1, -0.05) is 6.92 Å². The second-order valence-corrected chi connectivity index (χ2v) is 4.42. The van der Waals surface area contributed by atoms with Crippen LogP contribution in [0.3, 0.4) is 0 Å². The first-order valence-corrected chi connectivity index (χ1v) is 5.24. The summed E-state index contributed by atoms with van der Waals surface area (Å²) < 4.78 is 0. The lowest BCUT2D eigenvalue weighted by Crippen LogP contribution is -2.47. The van der Waals surface area contributed by atoms with Crippen molar-refractivity contribution in [3.05, 3.63) is 0 Å². The number of likely N-dealkylation sites (tertiary alicyclic amines) is 1. The fraction of sp³-hybridized carbons (Fsp3) is 1.00. The molecule has 3 atom stereocenters. The molecule has 0 amide bonds. The van der Waals surface area contributed by atoms with Crippen molar-refractivity contribution in [2.24, 2.45) is 11.7 Å². The number of nitrogens with zero attached hydrogens (tertiary/aromatic N) is 1. The van der Waals surface area contributed by atoms with E-state index in [0.29, 0.717) is 6.04 Å². The normalized spacial score (nSPS) is 33.2. The van der Waals surface area contributed by atoms with Gasteiger partial charge in [0, 0.05) is 18.6 Å². The third kappa shape index (κ3) is 3.25. The van der Waals surface area contributed by atoms with Gasteiger partial charge >= 0.3 is 0 Å². The van der Waals surface area contributed by atoms with Gasteiger partial charge in [0.05, 0.1) is 6.61 Å². The summed E-state index contributed by atoms with van der Waals surface area (Å²) in [4.78, 5) is 2.39. The van der Waals surface area contributed by atoms with Crippen molar-refractivity contribution in [3.63, 3.8) is 0 Å². The van der Waals surface area contributed by atoms with Gasteiger partial charge in [-0.25, -0.2) is 0 Å². The molecule has 1 aliphatic heterocycles. The molecule has 78 valence electrons. The Kier molecular flexibility index (Phi) is 4.16. The van der Waals surface area contributed by atoms with Crippen LogP contribution in [0.1, 0.15) is 26.7 Å². The number of aliphatic hydroxyl groups is 1. The van der Waals surface area contributed by atoms with E-state index in [1.807, 2.05) is 0 Å². The molecular formula is C10H22N2O. The van der Waals surface area contributed by atoms with E-state index in [-0.39, 0.29) is 12.6 Å². The van der Waals surface area contributed by atoms with Crippen LogP contribution in [-0.2, 0) is 0 Å². The largest absolute Gasteiger partial charge is 0.395 e. The molecule has 3 nitrogen and oxygen atoms in total. The minimum Gasteiger partial charge on any atom is -0.395 e. The summed E-state index contributed by atoms with van der Waals surface area (Å²) in [5.74, 6) is 0.844. The van der Waals surface area contributed by atoms with Crippen LogP contribution in [0, 0.1) is 5.92 Å². The molecule has 1 fully saturated rings. The maximum Gasteiger partial charge on any atom is 0.0595 e. The number of nitrogens with two attached hydrogens (primary N) is 1. The van der Waals surface area contributed by atoms with Crippen molar-refractivity contribution in [2.45, 2.75) is 38.8 Å². The van der Waals surface area contributed by atoms with Gasteiger partial charge < -0.3 is 10.8 Å². The predicted octanol–water partition coefficient (Wildman–Crippen LogP) is 0.426. The van der Waals surface area contributed by atoms with Crippen LogP contribution in [0.4, 0.5) is 0 Å². The zero-order chi connectivity index (χ0) is 9.84. The molecule has 3 heteroatoms. The Bertz CT molecular complexity index is 152. The van der Waals surface area contributed by atoms with Gasteiger partial charge in [0.25, 0.3) is 0 Å². The van der Waals surface area contributed by atoms with Crippen molar-refractivity contribution in [2.75, 3.05) is 19.7 Å². The molecule has 0 aromatic heterocycles. The molecule has 1 saturated heterocycles.